The Labute approximate surface area is 215 Å². The van der Waals surface area contributed by atoms with Gasteiger partial charge in [-0.1, -0.05) is 52.0 Å². The van der Waals surface area contributed by atoms with E-state index < -0.39 is 4.92 Å². The van der Waals surface area contributed by atoms with Crippen molar-refractivity contribution in [2.75, 3.05) is 6.26 Å². The molecule has 0 bridgehead atoms. The minimum absolute atomic E-state index is 0.0744. The van der Waals surface area contributed by atoms with Crippen LogP contribution in [0.5, 0.6) is 11.5 Å². The van der Waals surface area contributed by atoms with Gasteiger partial charge < -0.3 is 4.74 Å². The molecule has 182 valence electrons. The zero-order chi connectivity index (χ0) is 25.1. The van der Waals surface area contributed by atoms with Crippen molar-refractivity contribution >= 4 is 52.5 Å². The van der Waals surface area contributed by atoms with Crippen molar-refractivity contribution in [1.29, 1.82) is 0 Å². The number of aryl methyl sites for hydroxylation is 3. The van der Waals surface area contributed by atoms with Crippen LogP contribution in [0.1, 0.15) is 23.4 Å². The summed E-state index contributed by atoms with van der Waals surface area (Å²) in [6.07, 6.45) is 5.64. The lowest BCUT2D eigenvalue weighted by Gasteiger charge is -2.10. The number of halogens is 3. The molecular formula is C21H20Cl3N3O6S. The second kappa shape index (κ2) is 14.3. The van der Waals surface area contributed by atoms with Crippen LogP contribution in [0.3, 0.4) is 0 Å². The third-order valence-electron chi connectivity index (χ3n) is 4.35. The molecule has 0 radical (unpaired) electrons. The van der Waals surface area contributed by atoms with Crippen molar-refractivity contribution in [3.8, 4) is 11.5 Å². The monoisotopic (exact) mass is 547 g/mol. The molecule has 0 atom stereocenters. The molecule has 0 fully saturated rings. The highest BCUT2D eigenvalue weighted by molar-refractivity contribution is 7.93. The maximum absolute atomic E-state index is 10.9. The van der Waals surface area contributed by atoms with Crippen LogP contribution in [0.2, 0.25) is 15.1 Å². The number of nitro groups is 1. The highest BCUT2D eigenvalue weighted by Crippen LogP contribution is 2.39. The van der Waals surface area contributed by atoms with Crippen LogP contribution < -0.4 is 4.74 Å². The zero-order valence-electron chi connectivity index (χ0n) is 18.0. The first-order valence-electron chi connectivity index (χ1n) is 9.63. The molecule has 3 rings (SSSR count). The number of aromatic nitrogens is 2. The highest BCUT2D eigenvalue weighted by Gasteiger charge is 2.16. The first kappa shape index (κ1) is 28.1. The summed E-state index contributed by atoms with van der Waals surface area (Å²) in [4.78, 5) is 18.6. The molecule has 1 N–H and O–H groups in total. The van der Waals surface area contributed by atoms with Crippen LogP contribution in [0.15, 0.2) is 42.7 Å². The van der Waals surface area contributed by atoms with Crippen molar-refractivity contribution in [2.45, 2.75) is 26.2 Å². The molecule has 13 heteroatoms. The van der Waals surface area contributed by atoms with E-state index >= 15 is 0 Å². The van der Waals surface area contributed by atoms with E-state index in [9.17, 15) is 10.1 Å². The topological polar surface area (TPSA) is 117 Å². The fourth-order valence-corrected chi connectivity index (χ4v) is 3.57. The lowest BCUT2D eigenvalue weighted by molar-refractivity contribution is -0.432. The molecule has 0 aliphatic carbocycles. The number of benzene rings is 2. The lowest BCUT2D eigenvalue weighted by Crippen LogP contribution is -1.97. The Morgan fingerprint density at radius 1 is 1.09 bits per heavy atom. The van der Waals surface area contributed by atoms with Crippen molar-refractivity contribution < 1.29 is 24.3 Å². The highest BCUT2D eigenvalue weighted by atomic mass is 35.5. The van der Waals surface area contributed by atoms with Crippen LogP contribution in [0, 0.1) is 17.0 Å². The van der Waals surface area contributed by atoms with E-state index in [0.717, 1.165) is 48.3 Å². The number of hydrogen-bond donors (Lipinski definition) is 1. The fraction of sp³-hybridized carbons (Fsp3) is 0.238. The summed E-state index contributed by atoms with van der Waals surface area (Å²) in [6.45, 7) is 1.86. The van der Waals surface area contributed by atoms with Gasteiger partial charge >= 0.3 is 0 Å². The quantitative estimate of drug-likeness (QED) is 0.127. The number of nitro benzene ring substituents is 1. The lowest BCUT2D eigenvalue weighted by atomic mass is 10.1. The summed E-state index contributed by atoms with van der Waals surface area (Å²) >= 11 is 19.3. The summed E-state index contributed by atoms with van der Waals surface area (Å²) in [7, 11) is 0. The maximum atomic E-state index is 10.9. The summed E-state index contributed by atoms with van der Waals surface area (Å²) in [5.41, 5.74) is 2.56. The number of nitrogens with zero attached hydrogens (tertiary/aromatic N) is 3. The molecule has 0 saturated carbocycles. The average Bonchev–Trinajstić information content (AvgIpc) is 2.81. The number of non-ortho nitro benzene ring substituents is 1. The van der Waals surface area contributed by atoms with Crippen LogP contribution in [-0.2, 0) is 22.2 Å². The Balaban J connectivity index is 0.000000739. The smallest absolute Gasteiger partial charge is 0.272 e. The van der Waals surface area contributed by atoms with E-state index in [1.807, 2.05) is 19.1 Å². The first-order chi connectivity index (χ1) is 16.3. The molecule has 34 heavy (non-hydrogen) atoms. The van der Waals surface area contributed by atoms with Gasteiger partial charge in [-0.25, -0.2) is 15.2 Å². The zero-order valence-corrected chi connectivity index (χ0v) is 21.1. The predicted molar refractivity (Wildman–Crippen MR) is 132 cm³/mol. The van der Waals surface area contributed by atoms with Gasteiger partial charge in [-0.05, 0) is 43.9 Å². The Morgan fingerprint density at radius 2 is 1.74 bits per heavy atom. The molecule has 0 amide bonds. The number of hydrogen-bond acceptors (Lipinski definition) is 9. The van der Waals surface area contributed by atoms with Gasteiger partial charge in [0, 0.05) is 30.4 Å². The van der Waals surface area contributed by atoms with E-state index in [1.54, 1.807) is 18.4 Å². The second-order valence-electron chi connectivity index (χ2n) is 6.62. The number of ether oxygens (including phenoxy) is 1. The Morgan fingerprint density at radius 3 is 2.26 bits per heavy atom. The normalized spacial score (nSPS) is 10.4. The summed E-state index contributed by atoms with van der Waals surface area (Å²) in [6, 6.07) is 9.88. The number of rotatable bonds is 9. The summed E-state index contributed by atoms with van der Waals surface area (Å²) < 4.78 is 9.52. The van der Waals surface area contributed by atoms with Gasteiger partial charge in [-0.15, -0.1) is 4.33 Å². The van der Waals surface area contributed by atoms with Gasteiger partial charge in [0.15, 0.2) is 5.75 Å². The SMILES string of the molecule is CSOOO.Cc1ncnc(CCCc2ccc(Oc3c(Cl)cc([N+](=O)[O-])cc3Cl)cc2)c1Cl. The Bertz CT molecular complexity index is 1080. The van der Waals surface area contributed by atoms with E-state index in [0.29, 0.717) is 10.8 Å². The molecule has 9 nitrogen and oxygen atoms in total. The molecule has 3 aromatic rings. The summed E-state index contributed by atoms with van der Waals surface area (Å²) in [5.74, 6) is 0.710. The van der Waals surface area contributed by atoms with Gasteiger partial charge in [0.2, 0.25) is 0 Å². The van der Waals surface area contributed by atoms with E-state index in [4.69, 9.17) is 44.8 Å². The minimum Gasteiger partial charge on any atom is -0.454 e. The molecule has 2 aromatic carbocycles. The standard InChI is InChI=1S/C20H16Cl3N3O3.CH4O3S/c1-12-19(23)18(25-11-24-12)4-2-3-13-5-7-15(8-6-13)29-20-16(21)9-14(26(27)28)10-17(20)22;1-5-4-3-2/h5-11H,2-4H2,1H3;2H,1H3. The van der Waals surface area contributed by atoms with E-state index in [2.05, 4.69) is 19.3 Å². The maximum Gasteiger partial charge on any atom is 0.272 e. The van der Waals surface area contributed by atoms with Crippen molar-refractivity contribution in [3.63, 3.8) is 0 Å². The van der Waals surface area contributed by atoms with Crippen molar-refractivity contribution in [1.82, 2.24) is 9.97 Å². The van der Waals surface area contributed by atoms with Crippen molar-refractivity contribution in [2.24, 2.45) is 0 Å². The Kier molecular flexibility index (Phi) is 11.8. The molecular weight excluding hydrogens is 529 g/mol. The fourth-order valence-electron chi connectivity index (χ4n) is 2.76. The summed E-state index contributed by atoms with van der Waals surface area (Å²) in [5, 5.41) is 22.1. The molecule has 1 heterocycles. The molecule has 0 aliphatic rings. The molecule has 1 aromatic heterocycles. The van der Waals surface area contributed by atoms with Gasteiger partial charge in [0.25, 0.3) is 5.69 Å². The molecule has 0 aliphatic heterocycles. The van der Waals surface area contributed by atoms with Gasteiger partial charge in [0.05, 0.1) is 31.4 Å². The molecule has 0 unspecified atom stereocenters. The third-order valence-corrected chi connectivity index (χ3v) is 5.60. The predicted octanol–water partition coefficient (Wildman–Crippen LogP) is 7.31. The van der Waals surface area contributed by atoms with Crippen LogP contribution in [0.4, 0.5) is 5.69 Å². The third kappa shape index (κ3) is 8.55. The van der Waals surface area contributed by atoms with Crippen molar-refractivity contribution in [3.05, 3.63) is 84.9 Å². The van der Waals surface area contributed by atoms with Gasteiger partial charge in [-0.2, -0.15) is 0 Å². The van der Waals surface area contributed by atoms with E-state index in [-0.39, 0.29) is 21.5 Å². The Hall–Kier alpha value is -2.18. The first-order valence-corrected chi connectivity index (χ1v) is 11.9. The molecule has 0 saturated heterocycles. The van der Waals surface area contributed by atoms with Crippen LogP contribution in [0.25, 0.3) is 0 Å². The van der Waals surface area contributed by atoms with E-state index in [1.165, 1.54) is 18.5 Å². The largest absolute Gasteiger partial charge is 0.454 e. The van der Waals surface area contributed by atoms with Crippen LogP contribution >= 0.6 is 46.8 Å². The second-order valence-corrected chi connectivity index (χ2v) is 8.29. The average molecular weight is 549 g/mol. The van der Waals surface area contributed by atoms with Gasteiger partial charge in [-0.3, -0.25) is 10.1 Å². The minimum atomic E-state index is -0.563. The van der Waals surface area contributed by atoms with Gasteiger partial charge in [0.1, 0.15) is 12.1 Å². The molecule has 0 spiro atoms. The van der Waals surface area contributed by atoms with Crippen LogP contribution in [-0.4, -0.2) is 26.4 Å².